The van der Waals surface area contributed by atoms with Crippen molar-refractivity contribution < 1.29 is 90.5 Å². The molecule has 334 valence electrons. The van der Waals surface area contributed by atoms with Crippen molar-refractivity contribution in [1.82, 2.24) is 4.90 Å². The van der Waals surface area contributed by atoms with Crippen molar-refractivity contribution in [3.05, 3.63) is 12.2 Å². The number of carboxylic acid groups (broad SMARTS) is 1. The van der Waals surface area contributed by atoms with Crippen LogP contribution in [0.15, 0.2) is 12.2 Å². The zero-order valence-corrected chi connectivity index (χ0v) is 33.5. The zero-order valence-electron chi connectivity index (χ0n) is 33.5. The first-order valence-corrected chi connectivity index (χ1v) is 19.5. The van der Waals surface area contributed by atoms with Crippen LogP contribution in [0.3, 0.4) is 0 Å². The van der Waals surface area contributed by atoms with Gasteiger partial charge in [0.1, 0.15) is 0 Å². The predicted octanol–water partition coefficient (Wildman–Crippen LogP) is -0.365. The summed E-state index contributed by atoms with van der Waals surface area (Å²) >= 11 is 0. The molecule has 1 heterocycles. The SMILES string of the molecule is O=C(O)CCOCCOCCOCCOCCOCCOCCOCCOCCOCCOCCOCCOCCOCCOCCOCCN1C(=O)C=CC1=O. The minimum absolute atomic E-state index is 0.00914. The van der Waals surface area contributed by atoms with Gasteiger partial charge in [-0.2, -0.15) is 0 Å². The number of hydrogen-bond acceptors (Lipinski definition) is 18. The number of ether oxygens (including phenoxy) is 15. The van der Waals surface area contributed by atoms with Gasteiger partial charge in [-0.3, -0.25) is 19.3 Å². The fourth-order valence-corrected chi connectivity index (χ4v) is 4.15. The Hall–Kier alpha value is -2.25. The molecule has 57 heavy (non-hydrogen) atoms. The van der Waals surface area contributed by atoms with Crippen molar-refractivity contribution in [3.8, 4) is 0 Å². The largest absolute Gasteiger partial charge is 0.481 e. The van der Waals surface area contributed by atoms with Crippen LogP contribution in [0.25, 0.3) is 0 Å². The molecule has 1 rings (SSSR count). The number of rotatable bonds is 48. The Labute approximate surface area is 336 Å². The average molecular weight is 830 g/mol. The van der Waals surface area contributed by atoms with E-state index in [4.69, 9.17) is 76.2 Å². The van der Waals surface area contributed by atoms with Crippen LogP contribution >= 0.6 is 0 Å². The van der Waals surface area contributed by atoms with Crippen molar-refractivity contribution in [2.75, 3.05) is 205 Å². The maximum Gasteiger partial charge on any atom is 0.305 e. The smallest absolute Gasteiger partial charge is 0.305 e. The summed E-state index contributed by atoms with van der Waals surface area (Å²) < 4.78 is 81.3. The maximum atomic E-state index is 11.4. The lowest BCUT2D eigenvalue weighted by molar-refractivity contribution is -0.139. The zero-order chi connectivity index (χ0) is 41.0. The molecule has 0 unspecified atom stereocenters. The van der Waals surface area contributed by atoms with E-state index in [1.807, 2.05) is 0 Å². The summed E-state index contributed by atoms with van der Waals surface area (Å²) in [4.78, 5) is 34.3. The van der Waals surface area contributed by atoms with E-state index in [0.29, 0.717) is 185 Å². The van der Waals surface area contributed by atoms with Crippen LogP contribution < -0.4 is 0 Å². The fraction of sp³-hybridized carbons (Fsp3) is 0.865. The summed E-state index contributed by atoms with van der Waals surface area (Å²) in [5.41, 5.74) is 0. The van der Waals surface area contributed by atoms with E-state index in [9.17, 15) is 14.4 Å². The summed E-state index contributed by atoms with van der Waals surface area (Å²) in [6.45, 7) is 13.4. The van der Waals surface area contributed by atoms with E-state index >= 15 is 0 Å². The molecule has 2 amide bonds. The lowest BCUT2D eigenvalue weighted by Gasteiger charge is -2.13. The second kappa shape index (κ2) is 43.3. The van der Waals surface area contributed by atoms with Crippen LogP contribution in [0.5, 0.6) is 0 Å². The Morgan fingerprint density at radius 3 is 0.702 bits per heavy atom. The highest BCUT2D eigenvalue weighted by molar-refractivity contribution is 6.12. The quantitative estimate of drug-likeness (QED) is 0.0612. The number of hydrogen-bond donors (Lipinski definition) is 1. The molecule has 20 heteroatoms. The highest BCUT2D eigenvalue weighted by Gasteiger charge is 2.22. The Balaban J connectivity index is 1.60. The van der Waals surface area contributed by atoms with Gasteiger partial charge in [0.15, 0.2) is 0 Å². The topological polar surface area (TPSA) is 213 Å². The van der Waals surface area contributed by atoms with Crippen molar-refractivity contribution in [2.45, 2.75) is 6.42 Å². The van der Waals surface area contributed by atoms with Crippen molar-refractivity contribution in [1.29, 1.82) is 0 Å². The van der Waals surface area contributed by atoms with E-state index < -0.39 is 5.97 Å². The normalized spacial score (nSPS) is 12.8. The molecule has 0 spiro atoms. The highest BCUT2D eigenvalue weighted by Crippen LogP contribution is 2.02. The van der Waals surface area contributed by atoms with Gasteiger partial charge in [0.05, 0.1) is 211 Å². The summed E-state index contributed by atoms with van der Waals surface area (Å²) in [5.74, 6) is -1.50. The molecule has 0 aliphatic carbocycles. The van der Waals surface area contributed by atoms with Gasteiger partial charge in [-0.1, -0.05) is 0 Å². The van der Waals surface area contributed by atoms with Gasteiger partial charge in [0.2, 0.25) is 0 Å². The van der Waals surface area contributed by atoms with Gasteiger partial charge in [-0.05, 0) is 0 Å². The summed E-state index contributed by atoms with van der Waals surface area (Å²) in [7, 11) is 0. The molecule has 0 aromatic rings. The number of amides is 2. The molecular formula is C37H67NO19. The third-order valence-corrected chi connectivity index (χ3v) is 7.03. The second-order valence-electron chi connectivity index (χ2n) is 11.5. The van der Waals surface area contributed by atoms with Crippen LogP contribution in [0.1, 0.15) is 6.42 Å². The summed E-state index contributed by atoms with van der Waals surface area (Å²) in [5, 5.41) is 8.50. The molecule has 0 aromatic heterocycles. The lowest BCUT2D eigenvalue weighted by Crippen LogP contribution is -2.33. The number of carboxylic acids is 1. The highest BCUT2D eigenvalue weighted by atomic mass is 16.6. The first kappa shape index (κ1) is 52.8. The monoisotopic (exact) mass is 829 g/mol. The Morgan fingerprint density at radius 2 is 0.509 bits per heavy atom. The van der Waals surface area contributed by atoms with Gasteiger partial charge in [0.25, 0.3) is 11.8 Å². The lowest BCUT2D eigenvalue weighted by atomic mass is 10.5. The van der Waals surface area contributed by atoms with Gasteiger partial charge < -0.3 is 76.2 Å². The van der Waals surface area contributed by atoms with Crippen molar-refractivity contribution in [3.63, 3.8) is 0 Å². The van der Waals surface area contributed by atoms with Crippen molar-refractivity contribution >= 4 is 17.8 Å². The third-order valence-electron chi connectivity index (χ3n) is 7.03. The molecule has 0 atom stereocenters. The fourth-order valence-electron chi connectivity index (χ4n) is 4.15. The summed E-state index contributed by atoms with van der Waals surface area (Å²) in [6.07, 6.45) is 2.49. The van der Waals surface area contributed by atoms with Gasteiger partial charge in [-0.15, -0.1) is 0 Å². The molecule has 0 bridgehead atoms. The molecule has 0 saturated heterocycles. The van der Waals surface area contributed by atoms with Crippen LogP contribution in [0.4, 0.5) is 0 Å². The third kappa shape index (κ3) is 39.0. The van der Waals surface area contributed by atoms with E-state index in [1.54, 1.807) is 0 Å². The average Bonchev–Trinajstić information content (AvgIpc) is 3.52. The molecule has 0 aromatic carbocycles. The van der Waals surface area contributed by atoms with Crippen molar-refractivity contribution in [2.24, 2.45) is 0 Å². The molecule has 0 saturated carbocycles. The number of carbonyl (C=O) groups is 3. The molecule has 0 fully saturated rings. The minimum Gasteiger partial charge on any atom is -0.481 e. The van der Waals surface area contributed by atoms with E-state index in [0.717, 1.165) is 4.90 Å². The molecule has 0 radical (unpaired) electrons. The number of carbonyl (C=O) groups excluding carboxylic acids is 2. The first-order valence-electron chi connectivity index (χ1n) is 19.5. The number of aliphatic carboxylic acids is 1. The second-order valence-corrected chi connectivity index (χ2v) is 11.5. The number of nitrogens with zero attached hydrogens (tertiary/aromatic N) is 1. The molecule has 1 aliphatic heterocycles. The number of imide groups is 1. The molecular weight excluding hydrogens is 762 g/mol. The van der Waals surface area contributed by atoms with Crippen LogP contribution in [0, 0.1) is 0 Å². The maximum absolute atomic E-state index is 11.4. The van der Waals surface area contributed by atoms with Crippen LogP contribution in [-0.4, -0.2) is 233 Å². The first-order chi connectivity index (χ1) is 28.1. The van der Waals surface area contributed by atoms with E-state index in [2.05, 4.69) is 0 Å². The van der Waals surface area contributed by atoms with Gasteiger partial charge >= 0.3 is 5.97 Å². The minimum atomic E-state index is -0.880. The van der Waals surface area contributed by atoms with E-state index in [1.165, 1.54) is 12.2 Å². The van der Waals surface area contributed by atoms with E-state index in [-0.39, 0.29) is 38.0 Å². The van der Waals surface area contributed by atoms with Gasteiger partial charge in [-0.25, -0.2) is 0 Å². The Morgan fingerprint density at radius 1 is 0.333 bits per heavy atom. The van der Waals surface area contributed by atoms with Gasteiger partial charge in [0, 0.05) is 12.2 Å². The molecule has 1 aliphatic rings. The molecule has 1 N–H and O–H groups in total. The summed E-state index contributed by atoms with van der Waals surface area (Å²) in [6, 6.07) is 0. The van der Waals surface area contributed by atoms with Crippen LogP contribution in [0.2, 0.25) is 0 Å². The Bertz CT molecular complexity index is 929. The standard InChI is InChI=1S/C37H67NO19/c39-35-1-2-36(40)38(35)4-6-44-8-10-46-12-14-48-16-18-50-20-22-52-24-26-54-28-30-56-32-34-57-33-31-55-29-27-53-25-23-51-21-19-49-17-15-47-13-11-45-9-7-43-5-3-37(41)42/h1-2H,3-34H2,(H,41,42). The van der Waals surface area contributed by atoms with Crippen LogP contribution in [-0.2, 0) is 85.4 Å². The predicted molar refractivity (Wildman–Crippen MR) is 200 cm³/mol. The molecule has 20 nitrogen and oxygen atoms in total. The Kier molecular flexibility index (Phi) is 40.1.